The molecule has 0 saturated carbocycles. The topological polar surface area (TPSA) is 63.2 Å². The molecule has 0 fully saturated rings. The number of ether oxygens (including phenoxy) is 1. The van der Waals surface area contributed by atoms with Crippen LogP contribution < -0.4 is 15.0 Å². The van der Waals surface area contributed by atoms with Crippen molar-refractivity contribution in [3.63, 3.8) is 0 Å². The van der Waals surface area contributed by atoms with E-state index in [2.05, 4.69) is 10.5 Å². The fourth-order valence-corrected chi connectivity index (χ4v) is 1.81. The van der Waals surface area contributed by atoms with Crippen molar-refractivity contribution >= 4 is 23.7 Å². The summed E-state index contributed by atoms with van der Waals surface area (Å²) in [5.41, 5.74) is 2.52. The third-order valence-corrected chi connectivity index (χ3v) is 3.08. The number of nitrogens with zero attached hydrogens (tertiary/aromatic N) is 2. The highest BCUT2D eigenvalue weighted by Gasteiger charge is 2.02. The second-order valence-electron chi connectivity index (χ2n) is 4.95. The van der Waals surface area contributed by atoms with Gasteiger partial charge in [-0.05, 0) is 42.0 Å². The number of carbonyl (C=O) groups excluding carboxylic acids is 1. The molecule has 23 heavy (non-hydrogen) atoms. The first-order valence-corrected chi connectivity index (χ1v) is 7.01. The lowest BCUT2D eigenvalue weighted by molar-refractivity contribution is 0.167. The van der Waals surface area contributed by atoms with E-state index in [0.29, 0.717) is 11.4 Å². The maximum absolute atomic E-state index is 11.6. The van der Waals surface area contributed by atoms with Gasteiger partial charge in [0.15, 0.2) is 0 Å². The molecule has 0 spiro atoms. The maximum atomic E-state index is 11.6. The van der Waals surface area contributed by atoms with Gasteiger partial charge in [-0.3, -0.25) is 10.2 Å². The highest BCUT2D eigenvalue weighted by molar-refractivity contribution is 5.86. The summed E-state index contributed by atoms with van der Waals surface area (Å²) in [5.74, 6) is 0.711. The van der Waals surface area contributed by atoms with Crippen LogP contribution in [0, 0.1) is 0 Å². The zero-order chi connectivity index (χ0) is 16.7. The summed E-state index contributed by atoms with van der Waals surface area (Å²) >= 11 is 0. The summed E-state index contributed by atoms with van der Waals surface area (Å²) < 4.78 is 5.04. The molecule has 0 aliphatic rings. The van der Waals surface area contributed by atoms with Crippen molar-refractivity contribution in [3.8, 4) is 5.75 Å². The number of amides is 1. The molecule has 0 aromatic heterocycles. The molecule has 0 radical (unpaired) electrons. The van der Waals surface area contributed by atoms with Crippen LogP contribution in [0.15, 0.2) is 53.7 Å². The summed E-state index contributed by atoms with van der Waals surface area (Å²) in [6.45, 7) is 0. The minimum atomic E-state index is -0.656. The standard InChI is InChI=1S/C17H19N3O3/c1-20(2)15-8-4-13(5-9-15)12-18-23-17(21)19-14-6-10-16(22-3)11-7-14/h4-12H,1-3H3,(H,19,21)/b18-12-. The smallest absolute Gasteiger partial charge is 0.437 e. The Morgan fingerprint density at radius 3 is 2.30 bits per heavy atom. The molecular weight excluding hydrogens is 294 g/mol. The molecule has 6 nitrogen and oxygen atoms in total. The van der Waals surface area contributed by atoms with Gasteiger partial charge in [-0.1, -0.05) is 17.3 Å². The molecule has 2 rings (SSSR count). The van der Waals surface area contributed by atoms with Gasteiger partial charge in [-0.2, -0.15) is 0 Å². The van der Waals surface area contributed by atoms with E-state index in [9.17, 15) is 4.79 Å². The van der Waals surface area contributed by atoms with Gasteiger partial charge in [0.2, 0.25) is 0 Å². The van der Waals surface area contributed by atoms with Crippen LogP contribution in [0.2, 0.25) is 0 Å². The number of anilines is 2. The number of hydrogen-bond acceptors (Lipinski definition) is 5. The Kier molecular flexibility index (Phi) is 5.57. The third-order valence-electron chi connectivity index (χ3n) is 3.08. The maximum Gasteiger partial charge on any atom is 0.437 e. The van der Waals surface area contributed by atoms with Crippen molar-refractivity contribution in [2.75, 3.05) is 31.4 Å². The van der Waals surface area contributed by atoms with Crippen molar-refractivity contribution < 1.29 is 14.4 Å². The zero-order valence-corrected chi connectivity index (χ0v) is 13.3. The highest BCUT2D eigenvalue weighted by atomic mass is 16.7. The minimum Gasteiger partial charge on any atom is -0.497 e. The molecule has 0 atom stereocenters. The third kappa shape index (κ3) is 5.03. The number of nitrogens with one attached hydrogen (secondary N) is 1. The van der Waals surface area contributed by atoms with Crippen LogP contribution in [-0.2, 0) is 4.84 Å². The number of rotatable bonds is 5. The van der Waals surface area contributed by atoms with Crippen LogP contribution >= 0.6 is 0 Å². The summed E-state index contributed by atoms with van der Waals surface area (Å²) in [4.78, 5) is 18.4. The number of benzene rings is 2. The van der Waals surface area contributed by atoms with E-state index >= 15 is 0 Å². The fraction of sp³-hybridized carbons (Fsp3) is 0.176. The number of oxime groups is 1. The second kappa shape index (κ2) is 7.84. The SMILES string of the molecule is COc1ccc(NC(=O)O/N=C\c2ccc(N(C)C)cc2)cc1. The normalized spacial score (nSPS) is 10.4. The van der Waals surface area contributed by atoms with E-state index in [0.717, 1.165) is 11.3 Å². The van der Waals surface area contributed by atoms with Gasteiger partial charge >= 0.3 is 6.09 Å². The second-order valence-corrected chi connectivity index (χ2v) is 4.95. The predicted octanol–water partition coefficient (Wildman–Crippen LogP) is 3.34. The van der Waals surface area contributed by atoms with Crippen LogP contribution in [0.25, 0.3) is 0 Å². The summed E-state index contributed by atoms with van der Waals surface area (Å²) in [6.07, 6.45) is 0.823. The minimum absolute atomic E-state index is 0.598. The van der Waals surface area contributed by atoms with E-state index < -0.39 is 6.09 Å². The van der Waals surface area contributed by atoms with Gasteiger partial charge in [0, 0.05) is 25.5 Å². The highest BCUT2D eigenvalue weighted by Crippen LogP contribution is 2.15. The van der Waals surface area contributed by atoms with E-state index in [1.807, 2.05) is 43.3 Å². The van der Waals surface area contributed by atoms with Gasteiger partial charge in [0.25, 0.3) is 0 Å². The lowest BCUT2D eigenvalue weighted by atomic mass is 10.2. The summed E-state index contributed by atoms with van der Waals surface area (Å²) in [6, 6.07) is 14.6. The van der Waals surface area contributed by atoms with Crippen LogP contribution in [-0.4, -0.2) is 33.5 Å². The van der Waals surface area contributed by atoms with E-state index in [1.165, 1.54) is 6.21 Å². The van der Waals surface area contributed by atoms with Crippen molar-refractivity contribution in [1.29, 1.82) is 0 Å². The molecule has 0 aliphatic heterocycles. The Balaban J connectivity index is 1.85. The molecule has 6 heteroatoms. The Labute approximate surface area is 135 Å². The molecule has 0 bridgehead atoms. The zero-order valence-electron chi connectivity index (χ0n) is 13.3. The van der Waals surface area contributed by atoms with Gasteiger partial charge in [-0.15, -0.1) is 0 Å². The van der Waals surface area contributed by atoms with Crippen molar-refractivity contribution in [3.05, 3.63) is 54.1 Å². The molecule has 0 aliphatic carbocycles. The molecule has 1 amide bonds. The van der Waals surface area contributed by atoms with E-state index in [1.54, 1.807) is 31.4 Å². The van der Waals surface area contributed by atoms with Crippen LogP contribution in [0.1, 0.15) is 5.56 Å². The summed E-state index contributed by atoms with van der Waals surface area (Å²) in [7, 11) is 5.52. The molecule has 2 aromatic rings. The molecule has 0 saturated heterocycles. The summed E-state index contributed by atoms with van der Waals surface area (Å²) in [5, 5.41) is 6.24. The molecule has 0 unspecified atom stereocenters. The first-order valence-electron chi connectivity index (χ1n) is 7.01. The van der Waals surface area contributed by atoms with Crippen molar-refractivity contribution in [2.45, 2.75) is 0 Å². The van der Waals surface area contributed by atoms with Crippen LogP contribution in [0.4, 0.5) is 16.2 Å². The average molecular weight is 313 g/mol. The van der Waals surface area contributed by atoms with E-state index in [-0.39, 0.29) is 0 Å². The Bertz CT molecular complexity index is 664. The first-order chi connectivity index (χ1) is 11.1. The number of carbonyl (C=O) groups is 1. The van der Waals surface area contributed by atoms with Crippen LogP contribution in [0.3, 0.4) is 0 Å². The Morgan fingerprint density at radius 2 is 1.74 bits per heavy atom. The fourth-order valence-electron chi connectivity index (χ4n) is 1.81. The number of hydrogen-bond donors (Lipinski definition) is 1. The lowest BCUT2D eigenvalue weighted by Crippen LogP contribution is -2.10. The molecule has 2 aromatic carbocycles. The predicted molar refractivity (Wildman–Crippen MR) is 91.5 cm³/mol. The van der Waals surface area contributed by atoms with Gasteiger partial charge in [-0.25, -0.2) is 4.79 Å². The van der Waals surface area contributed by atoms with Gasteiger partial charge in [0.1, 0.15) is 5.75 Å². The average Bonchev–Trinajstić information content (AvgIpc) is 2.56. The largest absolute Gasteiger partial charge is 0.497 e. The number of methoxy groups -OCH3 is 1. The monoisotopic (exact) mass is 313 g/mol. The Hall–Kier alpha value is -3.02. The molecular formula is C17H19N3O3. The molecule has 1 N–H and O–H groups in total. The molecule has 120 valence electrons. The quantitative estimate of drug-likeness (QED) is 0.522. The Morgan fingerprint density at radius 1 is 1.09 bits per heavy atom. The van der Waals surface area contributed by atoms with Crippen LogP contribution in [0.5, 0.6) is 5.75 Å². The van der Waals surface area contributed by atoms with Gasteiger partial charge < -0.3 is 9.64 Å². The van der Waals surface area contributed by atoms with E-state index in [4.69, 9.17) is 9.57 Å². The first kappa shape index (κ1) is 16.4. The van der Waals surface area contributed by atoms with Crippen molar-refractivity contribution in [2.24, 2.45) is 5.16 Å². The van der Waals surface area contributed by atoms with Gasteiger partial charge in [0.05, 0.1) is 13.3 Å². The lowest BCUT2D eigenvalue weighted by Gasteiger charge is -2.11. The molecule has 0 heterocycles. The van der Waals surface area contributed by atoms with Crippen molar-refractivity contribution in [1.82, 2.24) is 0 Å².